The maximum Gasteiger partial charge on any atom is 0.303 e. The Hall–Kier alpha value is -0.610. The summed E-state index contributed by atoms with van der Waals surface area (Å²) in [6, 6.07) is 0. The van der Waals surface area contributed by atoms with Gasteiger partial charge in [0.15, 0.2) is 0 Å². The molecule has 160 valence electrons. The quantitative estimate of drug-likeness (QED) is 0.659. The van der Waals surface area contributed by atoms with Crippen molar-refractivity contribution in [2.24, 2.45) is 46.3 Å². The van der Waals surface area contributed by atoms with Gasteiger partial charge in [-0.15, -0.1) is 0 Å². The zero-order valence-electron chi connectivity index (χ0n) is 17.9. The molecule has 4 nitrogen and oxygen atoms in total. The van der Waals surface area contributed by atoms with E-state index >= 15 is 0 Å². The third-order valence-corrected chi connectivity index (χ3v) is 10.2. The average molecular weight is 393 g/mol. The van der Waals surface area contributed by atoms with Crippen molar-refractivity contribution in [1.82, 2.24) is 0 Å². The fourth-order valence-corrected chi connectivity index (χ4v) is 8.73. The van der Waals surface area contributed by atoms with E-state index in [2.05, 4.69) is 20.8 Å². The van der Waals surface area contributed by atoms with Crippen molar-refractivity contribution in [3.8, 4) is 0 Å². The monoisotopic (exact) mass is 392 g/mol. The molecule has 0 aliphatic heterocycles. The van der Waals surface area contributed by atoms with Crippen molar-refractivity contribution in [2.45, 2.75) is 97.2 Å². The molecule has 3 N–H and O–H groups in total. The van der Waals surface area contributed by atoms with Crippen LogP contribution in [0.3, 0.4) is 0 Å². The number of fused-ring (bicyclic) bond motifs is 5. The Kier molecular flexibility index (Phi) is 5.36. The third-order valence-electron chi connectivity index (χ3n) is 10.2. The van der Waals surface area contributed by atoms with Crippen LogP contribution in [-0.4, -0.2) is 33.5 Å². The molecule has 28 heavy (non-hydrogen) atoms. The van der Waals surface area contributed by atoms with Crippen molar-refractivity contribution in [3.63, 3.8) is 0 Å². The zero-order chi connectivity index (χ0) is 20.3. The summed E-state index contributed by atoms with van der Waals surface area (Å²) in [6.45, 7) is 7.16. The van der Waals surface area contributed by atoms with Gasteiger partial charge in [0.25, 0.3) is 0 Å². The lowest BCUT2D eigenvalue weighted by Crippen LogP contribution is -2.58. The van der Waals surface area contributed by atoms with Crippen LogP contribution < -0.4 is 0 Å². The van der Waals surface area contributed by atoms with Crippen molar-refractivity contribution in [3.05, 3.63) is 0 Å². The summed E-state index contributed by atoms with van der Waals surface area (Å²) in [5.74, 6) is 2.36. The van der Waals surface area contributed by atoms with Crippen LogP contribution >= 0.6 is 0 Å². The molecule has 0 radical (unpaired) electrons. The Morgan fingerprint density at radius 1 is 1.00 bits per heavy atom. The largest absolute Gasteiger partial charge is 0.481 e. The normalized spacial score (nSPS) is 51.7. The second-order valence-electron chi connectivity index (χ2n) is 11.4. The number of carboxylic acids is 1. The van der Waals surface area contributed by atoms with Crippen molar-refractivity contribution in [1.29, 1.82) is 0 Å². The summed E-state index contributed by atoms with van der Waals surface area (Å²) in [5.41, 5.74) is 0.523. The van der Waals surface area contributed by atoms with Gasteiger partial charge in [-0.1, -0.05) is 20.8 Å². The van der Waals surface area contributed by atoms with Gasteiger partial charge in [0.05, 0.1) is 12.2 Å². The molecule has 0 amide bonds. The molecular weight excluding hydrogens is 352 g/mol. The van der Waals surface area contributed by atoms with Gasteiger partial charge in [0, 0.05) is 6.42 Å². The molecule has 0 aromatic rings. The van der Waals surface area contributed by atoms with Gasteiger partial charge < -0.3 is 15.3 Å². The molecule has 4 aliphatic carbocycles. The Labute approximate surface area is 170 Å². The van der Waals surface area contributed by atoms with Crippen LogP contribution in [0.5, 0.6) is 0 Å². The molecule has 10 atom stereocenters. The molecule has 0 aromatic carbocycles. The summed E-state index contributed by atoms with van der Waals surface area (Å²) in [7, 11) is 0. The minimum atomic E-state index is -0.684. The van der Waals surface area contributed by atoms with Crippen LogP contribution in [-0.2, 0) is 4.79 Å². The summed E-state index contributed by atoms with van der Waals surface area (Å²) in [5, 5.41) is 30.5. The van der Waals surface area contributed by atoms with Crippen LogP contribution in [0, 0.1) is 46.3 Å². The molecule has 4 fully saturated rings. The summed E-state index contributed by atoms with van der Waals surface area (Å²) in [6.07, 6.45) is 9.19. The number of aliphatic hydroxyl groups excluding tert-OH is 2. The second-order valence-corrected chi connectivity index (χ2v) is 11.4. The molecular formula is C24H40O4. The molecule has 0 heterocycles. The molecule has 0 saturated heterocycles. The van der Waals surface area contributed by atoms with Crippen LogP contribution in [0.15, 0.2) is 0 Å². The van der Waals surface area contributed by atoms with E-state index in [4.69, 9.17) is 5.11 Å². The highest BCUT2D eigenvalue weighted by Gasteiger charge is 2.62. The van der Waals surface area contributed by atoms with Crippen molar-refractivity contribution < 1.29 is 20.1 Å². The first kappa shape index (κ1) is 20.7. The molecule has 4 aliphatic rings. The lowest BCUT2D eigenvalue weighted by atomic mass is 9.43. The van der Waals surface area contributed by atoms with Crippen LogP contribution in [0.2, 0.25) is 0 Å². The molecule has 0 aromatic heterocycles. The predicted molar refractivity (Wildman–Crippen MR) is 109 cm³/mol. The highest BCUT2D eigenvalue weighted by Crippen LogP contribution is 2.68. The Morgan fingerprint density at radius 2 is 1.68 bits per heavy atom. The fraction of sp³-hybridized carbons (Fsp3) is 0.958. The Bertz CT molecular complexity index is 605. The van der Waals surface area contributed by atoms with E-state index < -0.39 is 5.97 Å². The summed E-state index contributed by atoms with van der Waals surface area (Å²) < 4.78 is 0. The maximum absolute atomic E-state index is 11.2. The molecule has 4 rings (SSSR count). The van der Waals surface area contributed by atoms with Crippen molar-refractivity contribution in [2.75, 3.05) is 0 Å². The van der Waals surface area contributed by atoms with Crippen LogP contribution in [0.25, 0.3) is 0 Å². The Balaban J connectivity index is 1.55. The van der Waals surface area contributed by atoms with Crippen molar-refractivity contribution >= 4 is 5.97 Å². The predicted octanol–water partition coefficient (Wildman–Crippen LogP) is 4.48. The van der Waals surface area contributed by atoms with E-state index in [0.717, 1.165) is 32.1 Å². The first-order chi connectivity index (χ1) is 13.2. The number of carboxylic acid groups (broad SMARTS) is 1. The highest BCUT2D eigenvalue weighted by atomic mass is 16.4. The van der Waals surface area contributed by atoms with Gasteiger partial charge in [0.2, 0.25) is 0 Å². The fourth-order valence-electron chi connectivity index (χ4n) is 8.73. The molecule has 4 saturated carbocycles. The van der Waals surface area contributed by atoms with Gasteiger partial charge in [0.1, 0.15) is 0 Å². The standard InChI is InChI=1S/C24H40O4/c1-14(4-7-21(27)28)17-5-6-18-22-19(9-11-24(17,18)3)23(2)10-8-16(25)12-15(23)13-20(22)26/h14-20,22,25-26H,4-13H2,1-3H3,(H,27,28)/t14-,15+,16?,17-,18+,19+,20+,22+,23+,24-/m1/s1. The van der Waals surface area contributed by atoms with E-state index in [1.165, 1.54) is 25.7 Å². The minimum Gasteiger partial charge on any atom is -0.481 e. The number of hydrogen-bond donors (Lipinski definition) is 3. The molecule has 0 bridgehead atoms. The van der Waals surface area contributed by atoms with E-state index in [1.54, 1.807) is 0 Å². The maximum atomic E-state index is 11.2. The number of aliphatic hydroxyl groups is 2. The van der Waals surface area contributed by atoms with Gasteiger partial charge >= 0.3 is 5.97 Å². The first-order valence-electron chi connectivity index (χ1n) is 11.7. The SMILES string of the molecule is C[C@H](CCC(=O)O)[C@H]1CC[C@H]2[C@@H]3[C@@H](O)C[C@@H]4CC(O)CC[C@]4(C)[C@H]3CC[C@]12C. The smallest absolute Gasteiger partial charge is 0.303 e. The van der Waals surface area contributed by atoms with Gasteiger partial charge in [-0.05, 0) is 104 Å². The highest BCUT2D eigenvalue weighted by molar-refractivity contribution is 5.66. The summed E-state index contributed by atoms with van der Waals surface area (Å²) in [4.78, 5) is 11.1. The molecule has 0 spiro atoms. The molecule has 1 unspecified atom stereocenters. The van der Waals surface area contributed by atoms with E-state index in [9.17, 15) is 15.0 Å². The number of carbonyl (C=O) groups is 1. The van der Waals surface area contributed by atoms with Gasteiger partial charge in [-0.25, -0.2) is 0 Å². The number of rotatable bonds is 4. The third kappa shape index (κ3) is 3.14. The molecule has 4 heteroatoms. The van der Waals surface area contributed by atoms with Crippen LogP contribution in [0.4, 0.5) is 0 Å². The second kappa shape index (κ2) is 7.27. The lowest BCUT2D eigenvalue weighted by Gasteiger charge is -2.62. The van der Waals surface area contributed by atoms with Crippen LogP contribution in [0.1, 0.15) is 85.0 Å². The Morgan fingerprint density at radius 3 is 2.39 bits per heavy atom. The number of hydrogen-bond acceptors (Lipinski definition) is 3. The summed E-state index contributed by atoms with van der Waals surface area (Å²) >= 11 is 0. The van der Waals surface area contributed by atoms with E-state index in [-0.39, 0.29) is 29.5 Å². The minimum absolute atomic E-state index is 0.179. The van der Waals surface area contributed by atoms with E-state index in [0.29, 0.717) is 35.5 Å². The lowest BCUT2D eigenvalue weighted by molar-refractivity contribution is -0.174. The number of aliphatic carboxylic acids is 1. The van der Waals surface area contributed by atoms with Gasteiger partial charge in [-0.3, -0.25) is 4.79 Å². The zero-order valence-corrected chi connectivity index (χ0v) is 17.9. The average Bonchev–Trinajstić information content (AvgIpc) is 2.98. The topological polar surface area (TPSA) is 77.8 Å². The first-order valence-corrected chi connectivity index (χ1v) is 11.7. The van der Waals surface area contributed by atoms with E-state index in [1.807, 2.05) is 0 Å². The van der Waals surface area contributed by atoms with Gasteiger partial charge in [-0.2, -0.15) is 0 Å².